The Bertz CT molecular complexity index is 3630. The molecule has 0 amide bonds. The zero-order chi connectivity index (χ0) is 38.6. The average Bonchev–Trinajstić information content (AvgIpc) is 3.82. The number of benzene rings is 11. The lowest BCUT2D eigenvalue weighted by Crippen LogP contribution is -1.91. The third kappa shape index (κ3) is 4.73. The van der Waals surface area contributed by atoms with Gasteiger partial charge in [-0.1, -0.05) is 182 Å². The standard InChI is InChI=1S/C58H34O/c1-2-13-38-33-55-53(32-37(38)12-1)45-29-28-39(34-54(45)59-55)57-50-20-9-7-18-48(50)56(49-19-8-10-21-51(49)57)36-26-24-35(25-27-36)40-14-3-4-15-41(40)44-30-31-52-43-17-6-5-16-42(43)46-22-11-23-47(44)58(46)52/h1-34H. The van der Waals surface area contributed by atoms with Crippen molar-refractivity contribution in [3.05, 3.63) is 206 Å². The second kappa shape index (κ2) is 12.4. The van der Waals surface area contributed by atoms with Crippen molar-refractivity contribution in [1.29, 1.82) is 0 Å². The van der Waals surface area contributed by atoms with E-state index in [4.69, 9.17) is 4.42 Å². The number of furan rings is 1. The van der Waals surface area contributed by atoms with Gasteiger partial charge in [-0.15, -0.1) is 0 Å². The van der Waals surface area contributed by atoms with Crippen LogP contribution in [0.1, 0.15) is 0 Å². The molecule has 59 heavy (non-hydrogen) atoms. The highest BCUT2D eigenvalue weighted by Crippen LogP contribution is 2.50. The van der Waals surface area contributed by atoms with Gasteiger partial charge >= 0.3 is 0 Å². The van der Waals surface area contributed by atoms with Gasteiger partial charge in [0.2, 0.25) is 0 Å². The smallest absolute Gasteiger partial charge is 0.136 e. The molecule has 0 unspecified atom stereocenters. The van der Waals surface area contributed by atoms with Gasteiger partial charge in [0.1, 0.15) is 11.2 Å². The van der Waals surface area contributed by atoms with Crippen LogP contribution in [0.5, 0.6) is 0 Å². The van der Waals surface area contributed by atoms with Crippen molar-refractivity contribution in [3.8, 4) is 66.8 Å². The Hall–Kier alpha value is -7.74. The normalized spacial score (nSPS) is 12.1. The van der Waals surface area contributed by atoms with E-state index in [1.807, 2.05) is 0 Å². The van der Waals surface area contributed by atoms with Crippen LogP contribution in [0.2, 0.25) is 0 Å². The van der Waals surface area contributed by atoms with Gasteiger partial charge in [-0.25, -0.2) is 0 Å². The summed E-state index contributed by atoms with van der Waals surface area (Å²) in [5.41, 5.74) is 16.9. The van der Waals surface area contributed by atoms with Gasteiger partial charge in [-0.05, 0) is 134 Å². The summed E-state index contributed by atoms with van der Waals surface area (Å²) >= 11 is 0. The van der Waals surface area contributed by atoms with Gasteiger partial charge in [0.25, 0.3) is 0 Å². The summed E-state index contributed by atoms with van der Waals surface area (Å²) in [6.45, 7) is 0. The van der Waals surface area contributed by atoms with Crippen molar-refractivity contribution in [3.63, 3.8) is 0 Å². The second-order valence-electron chi connectivity index (χ2n) is 15.9. The van der Waals surface area contributed by atoms with E-state index in [2.05, 4.69) is 206 Å². The van der Waals surface area contributed by atoms with Gasteiger partial charge in [0.05, 0.1) is 0 Å². The minimum atomic E-state index is 0.906. The highest BCUT2D eigenvalue weighted by atomic mass is 16.3. The van der Waals surface area contributed by atoms with Crippen molar-refractivity contribution in [2.24, 2.45) is 0 Å². The molecule has 1 nitrogen and oxygen atoms in total. The van der Waals surface area contributed by atoms with Crippen molar-refractivity contribution < 1.29 is 4.42 Å². The van der Waals surface area contributed by atoms with Crippen LogP contribution >= 0.6 is 0 Å². The SMILES string of the molecule is c1ccc(-c2ccc3c4c(cccc24)-c2ccccc2-3)c(-c2ccc(-c3c4ccccc4c(-c4ccc5c(c4)oc4cc6ccccc6cc45)c4ccccc34)cc2)c1. The first-order valence-corrected chi connectivity index (χ1v) is 20.4. The van der Waals surface area contributed by atoms with Crippen molar-refractivity contribution in [1.82, 2.24) is 0 Å². The molecular formula is C58H34O. The molecule has 1 heteroatoms. The Morgan fingerprint density at radius 2 is 0.695 bits per heavy atom. The summed E-state index contributed by atoms with van der Waals surface area (Å²) in [5.74, 6) is 0. The molecule has 0 radical (unpaired) electrons. The monoisotopic (exact) mass is 746 g/mol. The zero-order valence-electron chi connectivity index (χ0n) is 32.0. The summed E-state index contributed by atoms with van der Waals surface area (Å²) in [4.78, 5) is 0. The van der Waals surface area contributed by atoms with E-state index in [0.29, 0.717) is 0 Å². The lowest BCUT2D eigenvalue weighted by Gasteiger charge is -2.18. The first-order chi connectivity index (χ1) is 29.3. The second-order valence-corrected chi connectivity index (χ2v) is 15.9. The van der Waals surface area contributed by atoms with Crippen LogP contribution in [0.3, 0.4) is 0 Å². The van der Waals surface area contributed by atoms with Gasteiger partial charge in [-0.3, -0.25) is 0 Å². The van der Waals surface area contributed by atoms with E-state index >= 15 is 0 Å². The summed E-state index contributed by atoms with van der Waals surface area (Å²) in [6, 6.07) is 75.8. The fourth-order valence-corrected chi connectivity index (χ4v) is 10.2. The third-order valence-electron chi connectivity index (χ3n) is 12.8. The maximum atomic E-state index is 6.57. The molecule has 0 bridgehead atoms. The fourth-order valence-electron chi connectivity index (χ4n) is 10.2. The maximum absolute atomic E-state index is 6.57. The Morgan fingerprint density at radius 3 is 1.37 bits per heavy atom. The van der Waals surface area contributed by atoms with E-state index in [1.165, 1.54) is 104 Å². The van der Waals surface area contributed by atoms with E-state index in [0.717, 1.165) is 27.5 Å². The Morgan fingerprint density at radius 1 is 0.237 bits per heavy atom. The number of hydrogen-bond acceptors (Lipinski definition) is 1. The van der Waals surface area contributed by atoms with Crippen molar-refractivity contribution in [2.75, 3.05) is 0 Å². The minimum Gasteiger partial charge on any atom is -0.456 e. The molecular weight excluding hydrogens is 713 g/mol. The van der Waals surface area contributed by atoms with Crippen molar-refractivity contribution in [2.45, 2.75) is 0 Å². The largest absolute Gasteiger partial charge is 0.456 e. The average molecular weight is 747 g/mol. The summed E-state index contributed by atoms with van der Waals surface area (Å²) in [7, 11) is 0. The molecule has 0 N–H and O–H groups in total. The molecule has 11 aromatic carbocycles. The van der Waals surface area contributed by atoms with E-state index in [1.54, 1.807) is 0 Å². The number of fused-ring (bicyclic) bond motifs is 9. The fraction of sp³-hybridized carbons (Fsp3) is 0. The van der Waals surface area contributed by atoms with Crippen LogP contribution in [0, 0.1) is 0 Å². The Labute approximate surface area is 341 Å². The Balaban J connectivity index is 0.945. The van der Waals surface area contributed by atoms with Gasteiger partial charge in [-0.2, -0.15) is 0 Å². The molecule has 272 valence electrons. The predicted octanol–water partition coefficient (Wildman–Crippen LogP) is 16.5. The predicted molar refractivity (Wildman–Crippen MR) is 250 cm³/mol. The Kier molecular flexibility index (Phi) is 6.79. The molecule has 13 rings (SSSR count). The molecule has 0 spiro atoms. The van der Waals surface area contributed by atoms with Crippen LogP contribution < -0.4 is 0 Å². The molecule has 1 aliphatic rings. The number of rotatable bonds is 4. The topological polar surface area (TPSA) is 13.1 Å². The van der Waals surface area contributed by atoms with Crippen LogP contribution in [-0.2, 0) is 0 Å². The lowest BCUT2D eigenvalue weighted by atomic mass is 9.85. The third-order valence-corrected chi connectivity index (χ3v) is 12.8. The van der Waals surface area contributed by atoms with E-state index in [-0.39, 0.29) is 0 Å². The highest BCUT2D eigenvalue weighted by Gasteiger charge is 2.23. The molecule has 1 heterocycles. The summed E-state index contributed by atoms with van der Waals surface area (Å²) in [6.07, 6.45) is 0. The first kappa shape index (κ1) is 32.4. The summed E-state index contributed by atoms with van der Waals surface area (Å²) in [5, 5.41) is 12.3. The quantitative estimate of drug-likeness (QED) is 0.164. The molecule has 1 aliphatic carbocycles. The number of hydrogen-bond donors (Lipinski definition) is 0. The molecule has 0 atom stereocenters. The molecule has 0 fully saturated rings. The molecule has 0 saturated heterocycles. The van der Waals surface area contributed by atoms with E-state index < -0.39 is 0 Å². The van der Waals surface area contributed by atoms with E-state index in [9.17, 15) is 0 Å². The maximum Gasteiger partial charge on any atom is 0.136 e. The first-order valence-electron chi connectivity index (χ1n) is 20.4. The van der Waals surface area contributed by atoms with Gasteiger partial charge in [0.15, 0.2) is 0 Å². The van der Waals surface area contributed by atoms with Gasteiger partial charge < -0.3 is 4.42 Å². The molecule has 1 aromatic heterocycles. The minimum absolute atomic E-state index is 0.906. The van der Waals surface area contributed by atoms with Crippen molar-refractivity contribution >= 4 is 65.0 Å². The lowest BCUT2D eigenvalue weighted by molar-refractivity contribution is 0.669. The molecule has 0 aliphatic heterocycles. The van der Waals surface area contributed by atoms with Crippen LogP contribution in [-0.4, -0.2) is 0 Å². The summed E-state index contributed by atoms with van der Waals surface area (Å²) < 4.78 is 6.57. The van der Waals surface area contributed by atoms with Crippen LogP contribution in [0.15, 0.2) is 211 Å². The van der Waals surface area contributed by atoms with Crippen LogP contribution in [0.25, 0.3) is 132 Å². The van der Waals surface area contributed by atoms with Gasteiger partial charge in [0, 0.05) is 10.8 Å². The molecule has 0 saturated carbocycles. The highest BCUT2D eigenvalue weighted by molar-refractivity contribution is 6.23. The van der Waals surface area contributed by atoms with Crippen LogP contribution in [0.4, 0.5) is 0 Å². The zero-order valence-corrected chi connectivity index (χ0v) is 32.0. The molecule has 12 aromatic rings.